The second kappa shape index (κ2) is 17.7. The normalized spacial score (nSPS) is 26.0. The Balaban J connectivity index is 0.000000243. The average Bonchev–Trinajstić information content (AvgIpc) is 3.22. The third-order valence-corrected chi connectivity index (χ3v) is 11.6. The highest BCUT2D eigenvalue weighted by atomic mass is 16.5. The molecule has 2 aromatic heterocycles. The summed E-state index contributed by atoms with van der Waals surface area (Å²) in [6.45, 7) is 9.59. The lowest BCUT2D eigenvalue weighted by Gasteiger charge is -2.60. The molecule has 3 aliphatic rings. The van der Waals surface area contributed by atoms with E-state index in [0.29, 0.717) is 29.4 Å². The van der Waals surface area contributed by atoms with E-state index < -0.39 is 80.8 Å². The van der Waals surface area contributed by atoms with Gasteiger partial charge in [0.2, 0.25) is 23.6 Å². The van der Waals surface area contributed by atoms with Gasteiger partial charge in [0.05, 0.1) is 55.7 Å². The van der Waals surface area contributed by atoms with Crippen LogP contribution in [0.2, 0.25) is 0 Å². The van der Waals surface area contributed by atoms with E-state index in [1.54, 1.807) is 95.7 Å². The fourth-order valence-corrected chi connectivity index (χ4v) is 8.32. The van der Waals surface area contributed by atoms with Gasteiger partial charge in [-0.25, -0.2) is 0 Å². The molecule has 62 heavy (non-hydrogen) atoms. The van der Waals surface area contributed by atoms with Crippen LogP contribution in [-0.4, -0.2) is 132 Å². The number of nitrogens with zero attached hydrogens (tertiary/aromatic N) is 5. The van der Waals surface area contributed by atoms with Crippen LogP contribution in [0.25, 0.3) is 0 Å². The number of nitrogens with one attached hydrogen (secondary N) is 4. The smallest absolute Gasteiger partial charge is 0.322 e. The number of likely N-dealkylation sites (tertiary alicyclic amines) is 2. The number of pyridine rings is 2. The molecule has 5 heterocycles. The van der Waals surface area contributed by atoms with Gasteiger partial charge in [0, 0.05) is 25.5 Å². The Hall–Kier alpha value is -6.11. The monoisotopic (exact) mass is 855 g/mol. The molecule has 0 spiro atoms. The van der Waals surface area contributed by atoms with Crippen LogP contribution in [0.15, 0.2) is 73.1 Å². The van der Waals surface area contributed by atoms with E-state index in [-0.39, 0.29) is 13.1 Å². The summed E-state index contributed by atoms with van der Waals surface area (Å²) in [5.74, 6) is -4.14. The van der Waals surface area contributed by atoms with Crippen LogP contribution < -0.4 is 21.3 Å². The molecule has 3 aromatic rings. The first-order valence-corrected chi connectivity index (χ1v) is 20.0. The van der Waals surface area contributed by atoms with Crippen LogP contribution >= 0.6 is 0 Å². The van der Waals surface area contributed by atoms with Crippen molar-refractivity contribution in [1.29, 1.82) is 0 Å². The van der Waals surface area contributed by atoms with E-state index in [1.165, 1.54) is 28.1 Å². The van der Waals surface area contributed by atoms with Gasteiger partial charge in [-0.2, -0.15) is 0 Å². The maximum absolute atomic E-state index is 14.7. The lowest BCUT2D eigenvalue weighted by atomic mass is 9.54. The molecule has 4 N–H and O–H groups in total. The van der Waals surface area contributed by atoms with Gasteiger partial charge in [-0.15, -0.1) is 0 Å². The van der Waals surface area contributed by atoms with Crippen molar-refractivity contribution in [3.8, 4) is 0 Å². The molecule has 2 saturated heterocycles. The Labute approximate surface area is 361 Å². The zero-order valence-corrected chi connectivity index (χ0v) is 37.1. The summed E-state index contributed by atoms with van der Waals surface area (Å²) >= 11 is 0. The first-order valence-electron chi connectivity index (χ1n) is 20.0. The summed E-state index contributed by atoms with van der Waals surface area (Å²) in [7, 11) is 8.09. The van der Waals surface area contributed by atoms with Gasteiger partial charge >= 0.3 is 11.9 Å². The quantitative estimate of drug-likeness (QED) is 0.207. The molecule has 18 nitrogen and oxygen atoms in total. The maximum atomic E-state index is 14.7. The zero-order chi connectivity index (χ0) is 46.0. The molecule has 18 heteroatoms. The zero-order valence-electron chi connectivity index (χ0n) is 37.1. The van der Waals surface area contributed by atoms with Crippen LogP contribution in [0.3, 0.4) is 0 Å². The summed E-state index contributed by atoms with van der Waals surface area (Å²) in [5.41, 5.74) is -5.66. The van der Waals surface area contributed by atoms with E-state index in [0.717, 1.165) is 0 Å². The van der Waals surface area contributed by atoms with Crippen molar-refractivity contribution in [1.82, 2.24) is 35.3 Å². The molecule has 1 aromatic carbocycles. The Morgan fingerprint density at radius 2 is 1.05 bits per heavy atom. The summed E-state index contributed by atoms with van der Waals surface area (Å²) in [5, 5.41) is 10.7. The largest absolute Gasteiger partial charge is 0.468 e. The number of hydrogen-bond acceptors (Lipinski definition) is 14. The molecule has 3 aliphatic heterocycles. The predicted octanol–water partition coefficient (Wildman–Crippen LogP) is 2.32. The summed E-state index contributed by atoms with van der Waals surface area (Å²) in [4.78, 5) is 108. The number of esters is 2. The number of piperidine rings is 2. The van der Waals surface area contributed by atoms with Crippen molar-refractivity contribution in [2.75, 3.05) is 65.8 Å². The van der Waals surface area contributed by atoms with Gasteiger partial charge in [-0.3, -0.25) is 58.2 Å². The van der Waals surface area contributed by atoms with E-state index in [1.807, 2.05) is 40.9 Å². The molecule has 4 amide bonds. The van der Waals surface area contributed by atoms with Crippen molar-refractivity contribution < 1.29 is 43.0 Å². The Morgan fingerprint density at radius 3 is 1.39 bits per heavy atom. The van der Waals surface area contributed by atoms with Crippen molar-refractivity contribution in [3.63, 3.8) is 0 Å². The predicted molar refractivity (Wildman–Crippen MR) is 228 cm³/mol. The highest BCUT2D eigenvalue weighted by Gasteiger charge is 2.75. The van der Waals surface area contributed by atoms with E-state index in [4.69, 9.17) is 9.47 Å². The van der Waals surface area contributed by atoms with Crippen LogP contribution in [0.1, 0.15) is 65.0 Å². The molecule has 2 bridgehead atoms. The fourth-order valence-electron chi connectivity index (χ4n) is 8.32. The van der Waals surface area contributed by atoms with Crippen LogP contribution in [-0.2, 0) is 43.0 Å². The number of ether oxygens (including phenoxy) is 2. The molecule has 4 atom stereocenters. The van der Waals surface area contributed by atoms with E-state index in [9.17, 15) is 33.6 Å². The summed E-state index contributed by atoms with van der Waals surface area (Å²) in [6.07, 6.45) is 3.24. The third-order valence-electron chi connectivity index (χ3n) is 11.6. The number of hydrogen-bond donors (Lipinski definition) is 4. The number of carbonyl (C=O) groups excluding carboxylic acids is 7. The Bertz CT molecular complexity index is 2070. The average molecular weight is 856 g/mol. The highest BCUT2D eigenvalue weighted by Crippen LogP contribution is 2.60. The van der Waals surface area contributed by atoms with Crippen molar-refractivity contribution in [3.05, 3.63) is 84.4 Å². The van der Waals surface area contributed by atoms with Crippen LogP contribution in [0.4, 0.5) is 11.4 Å². The van der Waals surface area contributed by atoms with Gasteiger partial charge < -0.3 is 30.7 Å². The number of carbonyl (C=O) groups is 7. The number of rotatable bonds is 6. The molecule has 332 valence electrons. The molecule has 4 unspecified atom stereocenters. The number of amides is 4. The van der Waals surface area contributed by atoms with Gasteiger partial charge in [0.25, 0.3) is 0 Å². The number of anilines is 2. The molecule has 0 saturated carbocycles. The molecular weight excluding hydrogens is 799 g/mol. The number of para-hydroxylation sites is 2. The Kier molecular flexibility index (Phi) is 13.4. The minimum atomic E-state index is -1.72. The topological polar surface area (TPSA) is 222 Å². The number of Topliss-reactive ketones (excluding diaryl/α,β-unsaturated/α-hetero) is 1. The second-order valence-corrected chi connectivity index (χ2v) is 17.7. The first kappa shape index (κ1) is 46.9. The summed E-state index contributed by atoms with van der Waals surface area (Å²) in [6, 6.07) is 15.8. The van der Waals surface area contributed by atoms with Crippen molar-refractivity contribution in [2.24, 2.45) is 16.2 Å². The number of ketones is 1. The van der Waals surface area contributed by atoms with Gasteiger partial charge in [-0.05, 0) is 99.1 Å². The van der Waals surface area contributed by atoms with E-state index >= 15 is 0 Å². The number of benzene rings is 1. The highest BCUT2D eigenvalue weighted by molar-refractivity contribution is 6.18. The summed E-state index contributed by atoms with van der Waals surface area (Å²) < 4.78 is 10.5. The van der Waals surface area contributed by atoms with Crippen molar-refractivity contribution in [2.45, 2.75) is 64.7 Å². The van der Waals surface area contributed by atoms with Crippen molar-refractivity contribution >= 4 is 52.7 Å². The fraction of sp³-hybridized carbons (Fsp3) is 0.477. The minimum Gasteiger partial charge on any atom is -0.468 e. The lowest BCUT2D eigenvalue weighted by molar-refractivity contribution is -0.205. The Morgan fingerprint density at radius 1 is 0.661 bits per heavy atom. The number of methoxy groups -OCH3 is 2. The first-order chi connectivity index (χ1) is 29.0. The number of aromatic nitrogens is 2. The molecule has 2 fully saturated rings. The standard InChI is InChI=1S/C25H31N5O5.C19H26N4O4/c1-28(2)16-30-14-24(22(32)34-4)19(17-10-6-8-12-26-17)29(3)20(18-11-7-9-13-27-18)25(15-30,21(24)31)23(33)35-5;1-17(2)13(24)22-18(3,4)15(26)20-11-9-7-8-10-12(11)21-16(27)19(5,6)23-14(17)25/h6-13,19-20H,14-16H2,1-5H3;7-10H,1-6H3,(H,20,26)(H,21,27)(H,22,24)(H,23,25). The van der Waals surface area contributed by atoms with Crippen LogP contribution in [0, 0.1) is 16.2 Å². The van der Waals surface area contributed by atoms with Crippen LogP contribution in [0.5, 0.6) is 0 Å². The minimum absolute atomic E-state index is 0.0654. The SMILES string of the molecule is CC1(C)NC(=O)C(C)(C)C(=O)NC(C)(C)C(=O)Nc2ccccc2NC1=O.COC(=O)C12CN(CN(C)C)CC(C(=O)OC)(C1=O)C(c1ccccn1)N(C)C2c1ccccn1. The van der Waals surface area contributed by atoms with E-state index in [2.05, 4.69) is 31.2 Å². The molecule has 0 radical (unpaired) electrons. The number of fused-ring (bicyclic) bond motifs is 3. The molecule has 0 aliphatic carbocycles. The van der Waals surface area contributed by atoms with Gasteiger partial charge in [0.1, 0.15) is 16.5 Å². The maximum Gasteiger partial charge on any atom is 0.322 e. The third kappa shape index (κ3) is 8.54. The van der Waals surface area contributed by atoms with Gasteiger partial charge in [0.15, 0.2) is 16.6 Å². The molecule has 6 rings (SSSR count). The lowest BCUT2D eigenvalue weighted by Crippen LogP contribution is -2.75. The molecular formula is C44H57N9O9. The second-order valence-electron chi connectivity index (χ2n) is 17.7. The van der Waals surface area contributed by atoms with Gasteiger partial charge in [-0.1, -0.05) is 24.3 Å².